The van der Waals surface area contributed by atoms with E-state index >= 15 is 0 Å². The van der Waals surface area contributed by atoms with Gasteiger partial charge in [0.15, 0.2) is 15.5 Å². The molecule has 1 saturated heterocycles. The summed E-state index contributed by atoms with van der Waals surface area (Å²) in [6.45, 7) is 3.64. The fourth-order valence-corrected chi connectivity index (χ4v) is 5.26. The number of amides is 1. The lowest BCUT2D eigenvalue weighted by Crippen LogP contribution is -2.50. The third kappa shape index (κ3) is 4.36. The number of halogens is 1. The van der Waals surface area contributed by atoms with Crippen LogP contribution in [0, 0.1) is 5.82 Å². The van der Waals surface area contributed by atoms with Gasteiger partial charge in [0.05, 0.1) is 34.2 Å². The minimum atomic E-state index is -3.53. The number of aromatic nitrogens is 3. The first-order valence-corrected chi connectivity index (χ1v) is 13.2. The summed E-state index contributed by atoms with van der Waals surface area (Å²) in [6, 6.07) is 5.26. The molecule has 0 N–H and O–H groups in total. The summed E-state index contributed by atoms with van der Waals surface area (Å²) in [5, 5.41) is 0.598. The van der Waals surface area contributed by atoms with E-state index in [1.165, 1.54) is 23.0 Å². The van der Waals surface area contributed by atoms with E-state index in [0.29, 0.717) is 29.8 Å². The van der Waals surface area contributed by atoms with E-state index in [9.17, 15) is 17.6 Å². The monoisotopic (exact) mass is 500 g/mol. The van der Waals surface area contributed by atoms with Crippen molar-refractivity contribution >= 4 is 27.0 Å². The average Bonchev–Trinajstić information content (AvgIpc) is 3.32. The van der Waals surface area contributed by atoms with Crippen LogP contribution in [-0.2, 0) is 14.6 Å². The van der Waals surface area contributed by atoms with E-state index in [1.54, 1.807) is 17.2 Å². The summed E-state index contributed by atoms with van der Waals surface area (Å²) in [4.78, 5) is 22.7. The molecule has 2 aliphatic heterocycles. The topological polar surface area (TPSA) is 104 Å². The van der Waals surface area contributed by atoms with Crippen LogP contribution in [0.25, 0.3) is 16.7 Å². The Morgan fingerprint density at radius 3 is 2.49 bits per heavy atom. The lowest BCUT2D eigenvalue weighted by Gasteiger charge is -2.38. The van der Waals surface area contributed by atoms with Crippen molar-refractivity contribution in [3.63, 3.8) is 0 Å². The molecule has 2 bridgehead atoms. The van der Waals surface area contributed by atoms with Gasteiger partial charge in [0, 0.05) is 25.3 Å². The highest BCUT2D eigenvalue weighted by Gasteiger charge is 2.42. The first-order chi connectivity index (χ1) is 16.6. The second-order valence-corrected chi connectivity index (χ2v) is 11.1. The highest BCUT2D eigenvalue weighted by molar-refractivity contribution is 7.90. The predicted molar refractivity (Wildman–Crippen MR) is 126 cm³/mol. The van der Waals surface area contributed by atoms with Gasteiger partial charge in [0.1, 0.15) is 18.2 Å². The molecule has 0 aliphatic carbocycles. The number of piperidine rings is 1. The molecule has 2 unspecified atom stereocenters. The molecule has 184 valence electrons. The van der Waals surface area contributed by atoms with Crippen LogP contribution in [0.15, 0.2) is 53.8 Å². The molecule has 2 aromatic heterocycles. The van der Waals surface area contributed by atoms with E-state index in [2.05, 4.69) is 9.97 Å². The number of sulfone groups is 1. The lowest BCUT2D eigenvalue weighted by atomic mass is 9.99. The highest BCUT2D eigenvalue weighted by Crippen LogP contribution is 2.35. The summed E-state index contributed by atoms with van der Waals surface area (Å²) in [5.41, 5.74) is 0.594. The minimum absolute atomic E-state index is 0.0966. The zero-order valence-electron chi connectivity index (χ0n) is 19.5. The second kappa shape index (κ2) is 8.63. The van der Waals surface area contributed by atoms with Crippen molar-refractivity contribution in [1.82, 2.24) is 19.4 Å². The van der Waals surface area contributed by atoms with Crippen molar-refractivity contribution in [3.8, 4) is 11.6 Å². The molecule has 0 radical (unpaired) electrons. The maximum Gasteiger partial charge on any atom is 0.411 e. The molecule has 2 aliphatic rings. The average molecular weight is 501 g/mol. The van der Waals surface area contributed by atoms with Crippen molar-refractivity contribution in [2.45, 2.75) is 55.9 Å². The summed E-state index contributed by atoms with van der Waals surface area (Å²) in [7, 11) is -3.53. The van der Waals surface area contributed by atoms with E-state index in [0.717, 1.165) is 12.3 Å². The molecule has 35 heavy (non-hydrogen) atoms. The molecule has 3 aromatic rings. The molecule has 5 rings (SSSR count). The van der Waals surface area contributed by atoms with Gasteiger partial charge in [-0.15, -0.1) is 0 Å². The second-order valence-electron chi connectivity index (χ2n) is 9.06. The van der Waals surface area contributed by atoms with Crippen LogP contribution in [-0.4, -0.2) is 64.5 Å². The Bertz CT molecular complexity index is 1420. The third-order valence-corrected chi connectivity index (χ3v) is 7.27. The number of carbonyl (C=O) groups is 1. The molecule has 2 atom stereocenters. The van der Waals surface area contributed by atoms with Gasteiger partial charge in [-0.2, -0.15) is 0 Å². The zero-order chi connectivity index (χ0) is 24.9. The van der Waals surface area contributed by atoms with Crippen LogP contribution >= 0.6 is 0 Å². The number of rotatable bonds is 5. The number of benzene rings is 1. The van der Waals surface area contributed by atoms with Crippen molar-refractivity contribution in [2.24, 2.45) is 0 Å². The van der Waals surface area contributed by atoms with Gasteiger partial charge < -0.3 is 9.47 Å². The van der Waals surface area contributed by atoms with Gasteiger partial charge in [-0.3, -0.25) is 9.47 Å². The largest absolute Gasteiger partial charge is 0.474 e. The Morgan fingerprint density at radius 2 is 1.86 bits per heavy atom. The minimum Gasteiger partial charge on any atom is -0.474 e. The van der Waals surface area contributed by atoms with Crippen LogP contribution < -0.4 is 4.74 Å². The molecule has 1 aromatic carbocycles. The van der Waals surface area contributed by atoms with E-state index in [-0.39, 0.29) is 41.0 Å². The van der Waals surface area contributed by atoms with Gasteiger partial charge >= 0.3 is 6.09 Å². The summed E-state index contributed by atoms with van der Waals surface area (Å²) in [6.07, 6.45) is 8.50. The van der Waals surface area contributed by atoms with Crippen LogP contribution in [0.3, 0.4) is 0 Å². The molecule has 0 saturated carbocycles. The van der Waals surface area contributed by atoms with Crippen LogP contribution in [0.2, 0.25) is 0 Å². The third-order valence-electron chi connectivity index (χ3n) is 6.16. The maximum atomic E-state index is 14.8. The van der Waals surface area contributed by atoms with E-state index in [4.69, 9.17) is 9.47 Å². The number of fused-ring (bicyclic) bond motifs is 3. The van der Waals surface area contributed by atoms with Crippen molar-refractivity contribution < 1.29 is 27.1 Å². The predicted octanol–water partition coefficient (Wildman–Crippen LogP) is 3.66. The molecular weight excluding hydrogens is 475 g/mol. The van der Waals surface area contributed by atoms with Crippen molar-refractivity contribution in [3.05, 3.63) is 54.8 Å². The first kappa shape index (κ1) is 23.3. The lowest BCUT2D eigenvalue weighted by molar-refractivity contribution is 0.0270. The normalized spacial score (nSPS) is 21.6. The van der Waals surface area contributed by atoms with Gasteiger partial charge in [0.25, 0.3) is 0 Å². The van der Waals surface area contributed by atoms with Crippen LogP contribution in [0.5, 0.6) is 5.88 Å². The first-order valence-electron chi connectivity index (χ1n) is 11.3. The summed E-state index contributed by atoms with van der Waals surface area (Å²) >= 11 is 0. The molecule has 1 fully saturated rings. The molecule has 11 heteroatoms. The Kier molecular flexibility index (Phi) is 5.74. The molecule has 9 nitrogen and oxygen atoms in total. The smallest absolute Gasteiger partial charge is 0.411 e. The molecule has 1 amide bonds. The SMILES string of the molecule is CC(C)OC(=O)N1C2C=CC1CC(Oc1ncnc3c1ccn3-c1ccc(S(C)(=O)=O)cc1F)C2. The van der Waals surface area contributed by atoms with Crippen LogP contribution in [0.4, 0.5) is 9.18 Å². The standard InChI is InChI=1S/C24H25FN4O5S/c1-14(2)33-24(30)29-15-4-5-16(29)11-17(10-15)34-23-19-8-9-28(22(19)26-13-27-23)21-7-6-18(12-20(21)25)35(3,31)32/h4-9,12-17H,10-11H2,1-3H3. The Hall–Kier alpha value is -3.47. The van der Waals surface area contributed by atoms with Crippen molar-refractivity contribution in [1.29, 1.82) is 0 Å². The van der Waals surface area contributed by atoms with Gasteiger partial charge in [-0.05, 0) is 38.1 Å². The van der Waals surface area contributed by atoms with Crippen LogP contribution in [0.1, 0.15) is 26.7 Å². The number of hydrogen-bond acceptors (Lipinski definition) is 7. The van der Waals surface area contributed by atoms with Gasteiger partial charge in [0.2, 0.25) is 5.88 Å². The summed E-state index contributed by atoms with van der Waals surface area (Å²) < 4.78 is 51.4. The van der Waals surface area contributed by atoms with Crippen molar-refractivity contribution in [2.75, 3.05) is 6.26 Å². The number of nitrogens with zero attached hydrogens (tertiary/aromatic N) is 4. The Morgan fingerprint density at radius 1 is 1.14 bits per heavy atom. The number of ether oxygens (including phenoxy) is 2. The fraction of sp³-hybridized carbons (Fsp3) is 0.375. The number of carbonyl (C=O) groups excluding carboxylic acids is 1. The maximum absolute atomic E-state index is 14.8. The molecule has 0 spiro atoms. The fourth-order valence-electron chi connectivity index (χ4n) is 4.62. The molecule has 4 heterocycles. The Balaban J connectivity index is 1.38. The highest BCUT2D eigenvalue weighted by atomic mass is 32.2. The number of hydrogen-bond donors (Lipinski definition) is 0. The van der Waals surface area contributed by atoms with E-state index in [1.807, 2.05) is 26.0 Å². The zero-order valence-corrected chi connectivity index (χ0v) is 20.3. The quantitative estimate of drug-likeness (QED) is 0.493. The van der Waals surface area contributed by atoms with E-state index < -0.39 is 15.7 Å². The Labute approximate surface area is 202 Å². The molecular formula is C24H25FN4O5S. The van der Waals surface area contributed by atoms with Gasteiger partial charge in [-0.25, -0.2) is 27.6 Å². The summed E-state index contributed by atoms with van der Waals surface area (Å²) in [5.74, 6) is -0.320. The van der Waals surface area contributed by atoms with Gasteiger partial charge in [-0.1, -0.05) is 12.2 Å².